The number of sulfone groups is 1. The maximum atomic E-state index is 12.9. The standard InChI is InChI=1S/C27H32N2O5S2/c1-6-25(22-14-16-24(17-15-22)35(4,31)32)28-27(30)23-12-10-21(11-13-23)18-29(36(5,33)34)26-19(2)8-7-9-20(26)3/h7-17,25H,6,18H2,1-5H3,(H,28,30)/t25-/m1/s1. The molecule has 36 heavy (non-hydrogen) atoms. The van der Waals surface area contributed by atoms with Crippen LogP contribution in [0.5, 0.6) is 0 Å². The van der Waals surface area contributed by atoms with E-state index in [4.69, 9.17) is 0 Å². The second-order valence-corrected chi connectivity index (χ2v) is 12.9. The Balaban J connectivity index is 1.77. The van der Waals surface area contributed by atoms with Crippen molar-refractivity contribution in [3.8, 4) is 0 Å². The zero-order chi connectivity index (χ0) is 26.7. The maximum Gasteiger partial charge on any atom is 0.251 e. The van der Waals surface area contributed by atoms with Crippen molar-refractivity contribution in [3.63, 3.8) is 0 Å². The van der Waals surface area contributed by atoms with Crippen LogP contribution in [0.15, 0.2) is 71.6 Å². The number of para-hydroxylation sites is 1. The molecule has 3 rings (SSSR count). The number of aryl methyl sites for hydroxylation is 2. The van der Waals surface area contributed by atoms with Crippen LogP contribution < -0.4 is 9.62 Å². The van der Waals surface area contributed by atoms with E-state index in [0.29, 0.717) is 17.7 Å². The second-order valence-electron chi connectivity index (χ2n) is 8.98. The van der Waals surface area contributed by atoms with E-state index in [0.717, 1.165) is 28.5 Å². The molecule has 0 radical (unpaired) electrons. The van der Waals surface area contributed by atoms with Gasteiger partial charge < -0.3 is 5.32 Å². The van der Waals surface area contributed by atoms with Gasteiger partial charge in [-0.15, -0.1) is 0 Å². The Hall–Kier alpha value is -3.17. The molecule has 0 aromatic heterocycles. The Morgan fingerprint density at radius 3 is 1.89 bits per heavy atom. The van der Waals surface area contributed by atoms with E-state index in [1.165, 1.54) is 22.7 Å². The third-order valence-corrected chi connectivity index (χ3v) is 8.30. The number of sulfonamides is 1. The molecule has 3 aromatic rings. The lowest BCUT2D eigenvalue weighted by atomic mass is 10.0. The number of carbonyl (C=O) groups is 1. The molecule has 0 aliphatic heterocycles. The average Bonchev–Trinajstić information content (AvgIpc) is 2.81. The molecule has 1 atom stereocenters. The number of nitrogens with zero attached hydrogens (tertiary/aromatic N) is 1. The maximum absolute atomic E-state index is 12.9. The first-order valence-corrected chi connectivity index (χ1v) is 15.3. The van der Waals surface area contributed by atoms with Gasteiger partial charge >= 0.3 is 0 Å². The van der Waals surface area contributed by atoms with Crippen molar-refractivity contribution in [1.82, 2.24) is 5.32 Å². The van der Waals surface area contributed by atoms with Gasteiger partial charge in [0, 0.05) is 11.8 Å². The minimum Gasteiger partial charge on any atom is -0.345 e. The average molecular weight is 529 g/mol. The number of hydrogen-bond donors (Lipinski definition) is 1. The van der Waals surface area contributed by atoms with E-state index >= 15 is 0 Å². The number of anilines is 1. The highest BCUT2D eigenvalue weighted by Crippen LogP contribution is 2.28. The monoisotopic (exact) mass is 528 g/mol. The fourth-order valence-electron chi connectivity index (χ4n) is 4.10. The van der Waals surface area contributed by atoms with Crippen LogP contribution in [0.2, 0.25) is 0 Å². The van der Waals surface area contributed by atoms with E-state index in [1.54, 1.807) is 36.4 Å². The molecule has 0 fully saturated rings. The van der Waals surface area contributed by atoms with Crippen molar-refractivity contribution < 1.29 is 21.6 Å². The lowest BCUT2D eigenvalue weighted by Crippen LogP contribution is -2.31. The van der Waals surface area contributed by atoms with Gasteiger partial charge in [0.2, 0.25) is 10.0 Å². The third kappa shape index (κ3) is 6.53. The first-order chi connectivity index (χ1) is 16.8. The normalized spacial score (nSPS) is 12.7. The van der Waals surface area contributed by atoms with Crippen molar-refractivity contribution in [1.29, 1.82) is 0 Å². The summed E-state index contributed by atoms with van der Waals surface area (Å²) >= 11 is 0. The van der Waals surface area contributed by atoms with Crippen LogP contribution >= 0.6 is 0 Å². The lowest BCUT2D eigenvalue weighted by molar-refractivity contribution is 0.0935. The third-order valence-electron chi connectivity index (χ3n) is 6.06. The summed E-state index contributed by atoms with van der Waals surface area (Å²) in [5.74, 6) is -0.268. The Labute approximate surface area is 214 Å². The molecular weight excluding hydrogens is 496 g/mol. The summed E-state index contributed by atoms with van der Waals surface area (Å²) in [6.45, 7) is 5.85. The summed E-state index contributed by atoms with van der Waals surface area (Å²) in [6.07, 6.45) is 2.97. The number of amides is 1. The zero-order valence-electron chi connectivity index (χ0n) is 21.1. The topological polar surface area (TPSA) is 101 Å². The fraction of sp³-hybridized carbons (Fsp3) is 0.296. The van der Waals surface area contributed by atoms with Crippen LogP contribution in [-0.4, -0.2) is 35.3 Å². The molecular formula is C27H32N2O5S2. The van der Waals surface area contributed by atoms with Crippen molar-refractivity contribution >= 4 is 31.5 Å². The minimum atomic E-state index is -3.53. The van der Waals surface area contributed by atoms with Crippen LogP contribution in [0.3, 0.4) is 0 Å². The summed E-state index contributed by atoms with van der Waals surface area (Å²) < 4.78 is 50.0. The molecule has 0 unspecified atom stereocenters. The molecule has 0 saturated carbocycles. The van der Waals surface area contributed by atoms with Crippen LogP contribution in [0.1, 0.15) is 52.0 Å². The van der Waals surface area contributed by atoms with Crippen molar-refractivity contribution in [2.24, 2.45) is 0 Å². The van der Waals surface area contributed by atoms with Gasteiger partial charge in [0.1, 0.15) is 0 Å². The van der Waals surface area contributed by atoms with E-state index in [2.05, 4.69) is 5.32 Å². The minimum absolute atomic E-state index is 0.149. The first kappa shape index (κ1) is 27.4. The lowest BCUT2D eigenvalue weighted by Gasteiger charge is -2.26. The predicted octanol–water partition coefficient (Wildman–Crippen LogP) is 4.55. The van der Waals surface area contributed by atoms with Gasteiger partial charge in [0.15, 0.2) is 9.84 Å². The van der Waals surface area contributed by atoms with Crippen molar-refractivity contribution in [2.45, 2.75) is 44.7 Å². The molecule has 0 aliphatic rings. The number of benzene rings is 3. The first-order valence-electron chi connectivity index (χ1n) is 11.5. The van der Waals surface area contributed by atoms with Gasteiger partial charge in [-0.05, 0) is 66.8 Å². The van der Waals surface area contributed by atoms with Crippen LogP contribution in [0.4, 0.5) is 5.69 Å². The van der Waals surface area contributed by atoms with E-state index < -0.39 is 19.9 Å². The molecule has 7 nitrogen and oxygen atoms in total. The fourth-order valence-corrected chi connectivity index (χ4v) is 5.73. The molecule has 3 aromatic carbocycles. The van der Waals surface area contributed by atoms with Gasteiger partial charge in [-0.2, -0.15) is 0 Å². The Morgan fingerprint density at radius 2 is 1.42 bits per heavy atom. The van der Waals surface area contributed by atoms with E-state index in [1.807, 2.05) is 39.0 Å². The molecule has 0 aliphatic carbocycles. The van der Waals surface area contributed by atoms with Crippen LogP contribution in [0.25, 0.3) is 0 Å². The molecule has 0 bridgehead atoms. The van der Waals surface area contributed by atoms with Gasteiger partial charge in [0.25, 0.3) is 5.91 Å². The Bertz CT molecular complexity index is 1430. The summed E-state index contributed by atoms with van der Waals surface area (Å²) in [4.78, 5) is 13.1. The molecule has 1 N–H and O–H groups in total. The summed E-state index contributed by atoms with van der Waals surface area (Å²) in [6, 6.07) is 18.7. The summed E-state index contributed by atoms with van der Waals surface area (Å²) in [5, 5.41) is 2.99. The highest BCUT2D eigenvalue weighted by Gasteiger charge is 2.22. The molecule has 0 spiro atoms. The molecule has 0 saturated heterocycles. The van der Waals surface area contributed by atoms with E-state index in [-0.39, 0.29) is 23.4 Å². The smallest absolute Gasteiger partial charge is 0.251 e. The van der Waals surface area contributed by atoms with Gasteiger partial charge in [-0.3, -0.25) is 9.10 Å². The van der Waals surface area contributed by atoms with E-state index in [9.17, 15) is 21.6 Å². The van der Waals surface area contributed by atoms with Gasteiger partial charge in [0.05, 0.1) is 29.4 Å². The SMILES string of the molecule is CC[C@@H](NC(=O)c1ccc(CN(c2c(C)cccc2C)S(C)(=O)=O)cc1)c1ccc(S(C)(=O)=O)cc1. The summed E-state index contributed by atoms with van der Waals surface area (Å²) in [5.41, 5.74) is 4.41. The molecule has 9 heteroatoms. The Kier molecular flexibility index (Phi) is 8.26. The Morgan fingerprint density at radius 1 is 0.861 bits per heavy atom. The molecule has 192 valence electrons. The second kappa shape index (κ2) is 10.8. The van der Waals surface area contributed by atoms with Gasteiger partial charge in [-0.25, -0.2) is 16.8 Å². The predicted molar refractivity (Wildman–Crippen MR) is 143 cm³/mol. The quantitative estimate of drug-likeness (QED) is 0.439. The van der Waals surface area contributed by atoms with Crippen LogP contribution in [-0.2, 0) is 26.4 Å². The number of carbonyl (C=O) groups excluding carboxylic acids is 1. The van der Waals surface area contributed by atoms with Crippen molar-refractivity contribution in [3.05, 3.63) is 94.5 Å². The van der Waals surface area contributed by atoms with Crippen LogP contribution in [0, 0.1) is 13.8 Å². The number of hydrogen-bond acceptors (Lipinski definition) is 5. The molecule has 0 heterocycles. The zero-order valence-corrected chi connectivity index (χ0v) is 22.8. The highest BCUT2D eigenvalue weighted by atomic mass is 32.2. The number of nitrogens with one attached hydrogen (secondary N) is 1. The van der Waals surface area contributed by atoms with Crippen molar-refractivity contribution in [2.75, 3.05) is 16.8 Å². The largest absolute Gasteiger partial charge is 0.345 e. The highest BCUT2D eigenvalue weighted by molar-refractivity contribution is 7.92. The number of rotatable bonds is 9. The molecule has 1 amide bonds. The van der Waals surface area contributed by atoms with Gasteiger partial charge in [-0.1, -0.05) is 49.4 Å². The summed E-state index contributed by atoms with van der Waals surface area (Å²) in [7, 11) is -6.82.